The average Bonchev–Trinajstić information content (AvgIpc) is 1.86. The fourth-order valence-electron chi connectivity index (χ4n) is 0.795. The van der Waals surface area contributed by atoms with E-state index in [-0.39, 0.29) is 6.42 Å². The van der Waals surface area contributed by atoms with Gasteiger partial charge in [0.2, 0.25) is 0 Å². The fraction of sp³-hybridized carbons (Fsp3) is 0.833. The van der Waals surface area contributed by atoms with Crippen molar-refractivity contribution in [3.8, 4) is 0 Å². The van der Waals surface area contributed by atoms with Crippen molar-refractivity contribution < 1.29 is 23.1 Å². The Hall–Kier alpha value is -0.780. The van der Waals surface area contributed by atoms with Crippen LogP contribution in [0.25, 0.3) is 0 Å². The van der Waals surface area contributed by atoms with E-state index in [2.05, 4.69) is 5.73 Å². The zero-order valence-corrected chi connectivity index (χ0v) is 6.39. The molecule has 0 aliphatic heterocycles. The van der Waals surface area contributed by atoms with Crippen molar-refractivity contribution in [2.75, 3.05) is 0 Å². The highest BCUT2D eigenvalue weighted by Gasteiger charge is 2.41. The number of halogens is 3. The van der Waals surface area contributed by atoms with Crippen LogP contribution < -0.4 is 10.8 Å². The predicted octanol–water partition coefficient (Wildman–Crippen LogP) is -0.348. The van der Waals surface area contributed by atoms with Crippen LogP contribution in [0.1, 0.15) is 13.3 Å². The van der Waals surface area contributed by atoms with Crippen LogP contribution in [0, 0.1) is 5.92 Å². The molecule has 0 saturated carbocycles. The van der Waals surface area contributed by atoms with Gasteiger partial charge in [-0.1, -0.05) is 6.92 Å². The lowest BCUT2D eigenvalue weighted by molar-refractivity contribution is -0.316. The summed E-state index contributed by atoms with van der Waals surface area (Å²) in [5.41, 5.74) is 4.66. The van der Waals surface area contributed by atoms with E-state index in [1.807, 2.05) is 0 Å². The highest BCUT2D eigenvalue weighted by Crippen LogP contribution is 2.25. The molecule has 2 N–H and O–H groups in total. The highest BCUT2D eigenvalue weighted by atomic mass is 19.4. The Morgan fingerprint density at radius 2 is 2.00 bits per heavy atom. The van der Waals surface area contributed by atoms with Crippen LogP contribution in [0.4, 0.5) is 13.2 Å². The monoisotopic (exact) mass is 184 g/mol. The molecule has 2 atom stereocenters. The van der Waals surface area contributed by atoms with E-state index in [0.717, 1.165) is 0 Å². The number of carboxylic acid groups (broad SMARTS) is 1. The van der Waals surface area contributed by atoms with Gasteiger partial charge in [0.15, 0.2) is 0 Å². The minimum atomic E-state index is -4.68. The summed E-state index contributed by atoms with van der Waals surface area (Å²) in [4.78, 5) is 10.1. The molecule has 0 fully saturated rings. The molecule has 0 aliphatic rings. The number of carbonyl (C=O) groups excluding carboxylic acids is 1. The van der Waals surface area contributed by atoms with Gasteiger partial charge in [0.25, 0.3) is 0 Å². The Kier molecular flexibility index (Phi) is 3.51. The first-order valence-corrected chi connectivity index (χ1v) is 3.33. The van der Waals surface area contributed by atoms with Gasteiger partial charge in [-0.2, -0.15) is 13.2 Å². The van der Waals surface area contributed by atoms with Crippen molar-refractivity contribution in [3.05, 3.63) is 0 Å². The van der Waals surface area contributed by atoms with E-state index in [9.17, 15) is 23.1 Å². The average molecular weight is 184 g/mol. The first-order chi connectivity index (χ1) is 5.30. The summed E-state index contributed by atoms with van der Waals surface area (Å²) >= 11 is 0. The van der Waals surface area contributed by atoms with Crippen molar-refractivity contribution in [3.63, 3.8) is 0 Å². The van der Waals surface area contributed by atoms with Gasteiger partial charge in [-0.3, -0.25) is 0 Å². The molecule has 3 nitrogen and oxygen atoms in total. The first-order valence-electron chi connectivity index (χ1n) is 3.33. The van der Waals surface area contributed by atoms with Gasteiger partial charge in [-0.05, 0) is 6.42 Å². The summed E-state index contributed by atoms with van der Waals surface area (Å²) in [6.45, 7) is 1.31. The predicted molar refractivity (Wildman–Crippen MR) is 32.8 cm³/mol. The number of hydrogen-bond acceptors (Lipinski definition) is 3. The minimum Gasteiger partial charge on any atom is -0.550 e. The SMILES string of the molecule is CCC(C(=O)[O-])C(N)C(F)(F)F. The third-order valence-electron chi connectivity index (χ3n) is 1.55. The van der Waals surface area contributed by atoms with Gasteiger partial charge in [0.1, 0.15) is 6.04 Å². The molecule has 0 amide bonds. The second-order valence-electron chi connectivity index (χ2n) is 2.40. The fourth-order valence-corrected chi connectivity index (χ4v) is 0.795. The van der Waals surface area contributed by atoms with Crippen LogP contribution in [-0.4, -0.2) is 18.2 Å². The second-order valence-corrected chi connectivity index (χ2v) is 2.40. The summed E-state index contributed by atoms with van der Waals surface area (Å²) in [6, 6.07) is -2.34. The van der Waals surface area contributed by atoms with E-state index >= 15 is 0 Å². The third-order valence-corrected chi connectivity index (χ3v) is 1.55. The molecular weight excluding hydrogens is 175 g/mol. The summed E-state index contributed by atoms with van der Waals surface area (Å²) in [5, 5.41) is 10.1. The molecule has 0 bridgehead atoms. The Bertz CT molecular complexity index is 169. The van der Waals surface area contributed by atoms with E-state index in [0.29, 0.717) is 0 Å². The van der Waals surface area contributed by atoms with Crippen molar-refractivity contribution in [2.45, 2.75) is 25.6 Å². The molecule has 0 radical (unpaired) electrons. The molecule has 0 aromatic heterocycles. The van der Waals surface area contributed by atoms with E-state index < -0.39 is 24.1 Å². The van der Waals surface area contributed by atoms with Crippen molar-refractivity contribution in [1.82, 2.24) is 0 Å². The normalized spacial score (nSPS) is 17.1. The van der Waals surface area contributed by atoms with Gasteiger partial charge in [-0.15, -0.1) is 0 Å². The van der Waals surface area contributed by atoms with Crippen molar-refractivity contribution in [2.24, 2.45) is 11.7 Å². The first kappa shape index (κ1) is 11.2. The number of hydrogen-bond donors (Lipinski definition) is 1. The molecule has 0 saturated heterocycles. The molecule has 6 heteroatoms. The molecule has 0 aliphatic carbocycles. The van der Waals surface area contributed by atoms with Crippen molar-refractivity contribution >= 4 is 5.97 Å². The molecule has 12 heavy (non-hydrogen) atoms. The molecule has 0 spiro atoms. The second kappa shape index (κ2) is 3.75. The van der Waals surface area contributed by atoms with E-state index in [1.165, 1.54) is 6.92 Å². The van der Waals surface area contributed by atoms with Crippen LogP contribution in [0.2, 0.25) is 0 Å². The van der Waals surface area contributed by atoms with Gasteiger partial charge in [-0.25, -0.2) is 0 Å². The minimum absolute atomic E-state index is 0.191. The van der Waals surface area contributed by atoms with Crippen LogP contribution in [0.3, 0.4) is 0 Å². The maximum Gasteiger partial charge on any atom is 0.404 e. The zero-order valence-electron chi connectivity index (χ0n) is 6.39. The maximum atomic E-state index is 11.8. The Morgan fingerprint density at radius 3 is 2.08 bits per heavy atom. The maximum absolute atomic E-state index is 11.8. The van der Waals surface area contributed by atoms with Gasteiger partial charge >= 0.3 is 6.18 Å². The number of alkyl halides is 3. The zero-order chi connectivity index (χ0) is 9.94. The molecular formula is C6H9F3NO2-. The topological polar surface area (TPSA) is 66.1 Å². The van der Waals surface area contributed by atoms with Crippen LogP contribution in [-0.2, 0) is 4.79 Å². The lowest BCUT2D eigenvalue weighted by Gasteiger charge is -2.25. The summed E-state index contributed by atoms with van der Waals surface area (Å²) < 4.78 is 35.5. The Balaban J connectivity index is 4.42. The molecule has 0 heterocycles. The van der Waals surface area contributed by atoms with E-state index in [4.69, 9.17) is 0 Å². The van der Waals surface area contributed by atoms with Gasteiger partial charge < -0.3 is 15.6 Å². The number of rotatable bonds is 3. The molecule has 0 aromatic rings. The van der Waals surface area contributed by atoms with E-state index in [1.54, 1.807) is 0 Å². The molecule has 0 rings (SSSR count). The number of nitrogens with two attached hydrogens (primary N) is 1. The largest absolute Gasteiger partial charge is 0.550 e. The van der Waals surface area contributed by atoms with Gasteiger partial charge in [0.05, 0.1) is 0 Å². The van der Waals surface area contributed by atoms with Crippen LogP contribution in [0.5, 0.6) is 0 Å². The number of carbonyl (C=O) groups is 1. The van der Waals surface area contributed by atoms with Gasteiger partial charge in [0, 0.05) is 11.9 Å². The number of carboxylic acids is 1. The van der Waals surface area contributed by atoms with Crippen LogP contribution in [0.15, 0.2) is 0 Å². The standard InChI is InChI=1S/C6H10F3NO2/c1-2-3(5(11)12)4(10)6(7,8)9/h3-4H,2,10H2,1H3,(H,11,12)/p-1. The smallest absolute Gasteiger partial charge is 0.404 e. The number of aliphatic carboxylic acids is 1. The quantitative estimate of drug-likeness (QED) is 0.652. The third kappa shape index (κ3) is 2.69. The Morgan fingerprint density at radius 1 is 1.58 bits per heavy atom. The molecule has 0 aromatic carbocycles. The Labute approximate surface area is 67.4 Å². The molecule has 72 valence electrons. The lowest BCUT2D eigenvalue weighted by atomic mass is 9.97. The summed E-state index contributed by atoms with van der Waals surface area (Å²) in [6.07, 6.45) is -4.87. The van der Waals surface area contributed by atoms with Crippen molar-refractivity contribution in [1.29, 1.82) is 0 Å². The lowest BCUT2D eigenvalue weighted by Crippen LogP contribution is -2.50. The molecule has 2 unspecified atom stereocenters. The summed E-state index contributed by atoms with van der Waals surface area (Å²) in [7, 11) is 0. The summed E-state index contributed by atoms with van der Waals surface area (Å²) in [5.74, 6) is -3.42. The van der Waals surface area contributed by atoms with Crippen LogP contribution >= 0.6 is 0 Å². The highest BCUT2D eigenvalue weighted by molar-refractivity contribution is 5.68.